The molecule has 0 spiro atoms. The van der Waals surface area contributed by atoms with Crippen LogP contribution in [0.1, 0.15) is 34.1 Å². The van der Waals surface area contributed by atoms with Crippen LogP contribution in [0.15, 0.2) is 6.07 Å². The number of rotatable bonds is 2. The average Bonchev–Trinajstić information content (AvgIpc) is 2.70. The van der Waals surface area contributed by atoms with Crippen molar-refractivity contribution in [2.24, 2.45) is 0 Å². The van der Waals surface area contributed by atoms with Crippen molar-refractivity contribution in [1.82, 2.24) is 14.8 Å². The summed E-state index contributed by atoms with van der Waals surface area (Å²) in [5, 5.41) is 6.98. The second-order valence-corrected chi connectivity index (χ2v) is 5.84. The number of aromatic amines is 1. The van der Waals surface area contributed by atoms with E-state index in [-0.39, 0.29) is 6.04 Å². The molecule has 0 saturated carbocycles. The predicted molar refractivity (Wildman–Crippen MR) is 69.8 cm³/mol. The van der Waals surface area contributed by atoms with E-state index in [1.807, 2.05) is 18.3 Å². The van der Waals surface area contributed by atoms with Gasteiger partial charge in [-0.05, 0) is 51.5 Å². The molecule has 0 radical (unpaired) electrons. The van der Waals surface area contributed by atoms with Crippen LogP contribution in [0.4, 0.5) is 0 Å². The summed E-state index contributed by atoms with van der Waals surface area (Å²) in [5.74, 6) is 0.931. The molecule has 1 unspecified atom stereocenters. The minimum absolute atomic E-state index is 0.246. The average molecular weight is 253 g/mol. The van der Waals surface area contributed by atoms with Crippen LogP contribution in [0.3, 0.4) is 0 Å². The number of aryl methyl sites for hydroxylation is 3. The third kappa shape index (κ3) is 1.85. The van der Waals surface area contributed by atoms with Gasteiger partial charge in [0.1, 0.15) is 5.82 Å². The molecule has 0 saturated heterocycles. The summed E-state index contributed by atoms with van der Waals surface area (Å²) in [7, 11) is 0. The smallest absolute Gasteiger partial charge is 0.195 e. The Labute approximate surface area is 104 Å². The minimum Gasteiger partial charge on any atom is -0.297 e. The summed E-state index contributed by atoms with van der Waals surface area (Å²) in [6.45, 7) is 8.42. The highest BCUT2D eigenvalue weighted by Gasteiger charge is 2.15. The van der Waals surface area contributed by atoms with Gasteiger partial charge in [0.05, 0.1) is 6.04 Å². The van der Waals surface area contributed by atoms with E-state index in [1.54, 1.807) is 0 Å². The molecule has 86 valence electrons. The summed E-state index contributed by atoms with van der Waals surface area (Å²) in [5.41, 5.74) is 1.34. The second-order valence-electron chi connectivity index (χ2n) is 3.99. The molecule has 5 heteroatoms. The maximum absolute atomic E-state index is 5.25. The molecular weight excluding hydrogens is 238 g/mol. The molecule has 0 bridgehead atoms. The van der Waals surface area contributed by atoms with Gasteiger partial charge >= 0.3 is 0 Å². The minimum atomic E-state index is 0.246. The van der Waals surface area contributed by atoms with Crippen molar-refractivity contribution in [3.8, 4) is 0 Å². The van der Waals surface area contributed by atoms with Gasteiger partial charge in [-0.3, -0.25) is 9.67 Å². The fraction of sp³-hybridized carbons (Fsp3) is 0.455. The van der Waals surface area contributed by atoms with Gasteiger partial charge in [0.25, 0.3) is 0 Å². The molecule has 1 atom stereocenters. The molecule has 0 amide bonds. The Bertz CT molecular complexity index is 562. The lowest BCUT2D eigenvalue weighted by molar-refractivity contribution is 0.610. The Morgan fingerprint density at radius 3 is 2.56 bits per heavy atom. The van der Waals surface area contributed by atoms with E-state index in [2.05, 4.69) is 41.6 Å². The summed E-state index contributed by atoms with van der Waals surface area (Å²) in [4.78, 5) is 2.69. The summed E-state index contributed by atoms with van der Waals surface area (Å²) in [6, 6.07) is 2.48. The molecule has 16 heavy (non-hydrogen) atoms. The monoisotopic (exact) mass is 253 g/mol. The second kappa shape index (κ2) is 4.14. The topological polar surface area (TPSA) is 33.6 Å². The SMILES string of the molecule is Cc1cc(C(C)n2c(C)n[nH]c2=S)c(C)s1. The molecule has 0 aromatic carbocycles. The zero-order chi connectivity index (χ0) is 11.9. The highest BCUT2D eigenvalue weighted by atomic mass is 32.1. The first kappa shape index (κ1) is 11.5. The zero-order valence-electron chi connectivity index (χ0n) is 9.87. The summed E-state index contributed by atoms with van der Waals surface area (Å²) >= 11 is 7.08. The molecule has 0 fully saturated rings. The zero-order valence-corrected chi connectivity index (χ0v) is 11.5. The summed E-state index contributed by atoms with van der Waals surface area (Å²) < 4.78 is 2.75. The lowest BCUT2D eigenvalue weighted by atomic mass is 10.1. The van der Waals surface area contributed by atoms with E-state index in [4.69, 9.17) is 12.2 Å². The van der Waals surface area contributed by atoms with Crippen LogP contribution in [-0.2, 0) is 0 Å². The highest BCUT2D eigenvalue weighted by Crippen LogP contribution is 2.29. The molecule has 1 N–H and O–H groups in total. The molecule has 2 heterocycles. The lowest BCUT2D eigenvalue weighted by Crippen LogP contribution is -2.09. The van der Waals surface area contributed by atoms with Gasteiger partial charge in [0.2, 0.25) is 0 Å². The van der Waals surface area contributed by atoms with Crippen LogP contribution >= 0.6 is 23.6 Å². The van der Waals surface area contributed by atoms with Gasteiger partial charge in [-0.1, -0.05) is 0 Å². The highest BCUT2D eigenvalue weighted by molar-refractivity contribution is 7.71. The Balaban J connectivity index is 2.51. The number of aromatic nitrogens is 3. The van der Waals surface area contributed by atoms with Gasteiger partial charge in [-0.2, -0.15) is 5.10 Å². The van der Waals surface area contributed by atoms with E-state index >= 15 is 0 Å². The van der Waals surface area contributed by atoms with Crippen LogP contribution < -0.4 is 0 Å². The van der Waals surface area contributed by atoms with Gasteiger partial charge < -0.3 is 0 Å². The maximum Gasteiger partial charge on any atom is 0.195 e. The van der Waals surface area contributed by atoms with E-state index in [0.29, 0.717) is 4.77 Å². The number of hydrogen-bond acceptors (Lipinski definition) is 3. The Kier molecular flexibility index (Phi) is 2.99. The van der Waals surface area contributed by atoms with E-state index in [0.717, 1.165) is 5.82 Å². The first-order chi connectivity index (χ1) is 7.50. The number of H-pyrrole nitrogens is 1. The van der Waals surface area contributed by atoms with Crippen LogP contribution in [0.5, 0.6) is 0 Å². The molecular formula is C11H15N3S2. The number of nitrogens with one attached hydrogen (secondary N) is 1. The first-order valence-corrected chi connectivity index (χ1v) is 6.43. The van der Waals surface area contributed by atoms with Crippen molar-refractivity contribution >= 4 is 23.6 Å². The molecule has 0 aliphatic heterocycles. The van der Waals surface area contributed by atoms with Crippen LogP contribution in [-0.4, -0.2) is 14.8 Å². The third-order valence-electron chi connectivity index (χ3n) is 2.80. The number of hydrogen-bond donors (Lipinski definition) is 1. The van der Waals surface area contributed by atoms with Gasteiger partial charge in [0, 0.05) is 9.75 Å². The fourth-order valence-electron chi connectivity index (χ4n) is 2.04. The van der Waals surface area contributed by atoms with E-state index in [1.165, 1.54) is 15.3 Å². The van der Waals surface area contributed by atoms with Gasteiger partial charge in [-0.15, -0.1) is 11.3 Å². The number of thiophene rings is 1. The molecule has 0 aliphatic carbocycles. The van der Waals surface area contributed by atoms with Crippen molar-refractivity contribution in [1.29, 1.82) is 0 Å². The van der Waals surface area contributed by atoms with Crippen molar-refractivity contribution in [3.05, 3.63) is 32.0 Å². The quantitative estimate of drug-likeness (QED) is 0.831. The summed E-state index contributed by atoms with van der Waals surface area (Å²) in [6.07, 6.45) is 0. The van der Waals surface area contributed by atoms with Crippen molar-refractivity contribution in [2.75, 3.05) is 0 Å². The largest absolute Gasteiger partial charge is 0.297 e. The lowest BCUT2D eigenvalue weighted by Gasteiger charge is -2.14. The molecule has 3 nitrogen and oxygen atoms in total. The third-order valence-corrected chi connectivity index (χ3v) is 4.07. The van der Waals surface area contributed by atoms with Crippen molar-refractivity contribution < 1.29 is 0 Å². The molecule has 2 aromatic rings. The van der Waals surface area contributed by atoms with Crippen LogP contribution in [0, 0.1) is 25.5 Å². The van der Waals surface area contributed by atoms with Crippen molar-refractivity contribution in [3.63, 3.8) is 0 Å². The van der Waals surface area contributed by atoms with E-state index < -0.39 is 0 Å². The normalized spacial score (nSPS) is 13.0. The standard InChI is InChI=1S/C11H15N3S2/c1-6-5-10(8(3)16-6)7(2)14-9(4)12-13-11(14)15/h5,7H,1-4H3,(H,13,15). The molecule has 2 aromatic heterocycles. The number of nitrogens with zero attached hydrogens (tertiary/aromatic N) is 2. The Morgan fingerprint density at radius 2 is 2.12 bits per heavy atom. The van der Waals surface area contributed by atoms with Gasteiger partial charge in [-0.25, -0.2) is 0 Å². The first-order valence-electron chi connectivity index (χ1n) is 5.21. The van der Waals surface area contributed by atoms with Crippen molar-refractivity contribution in [2.45, 2.75) is 33.7 Å². The Hall–Kier alpha value is -0.940. The van der Waals surface area contributed by atoms with E-state index in [9.17, 15) is 0 Å². The van der Waals surface area contributed by atoms with Gasteiger partial charge in [0.15, 0.2) is 4.77 Å². The van der Waals surface area contributed by atoms with Crippen LogP contribution in [0.25, 0.3) is 0 Å². The maximum atomic E-state index is 5.25. The van der Waals surface area contributed by atoms with Crippen LogP contribution in [0.2, 0.25) is 0 Å². The molecule has 2 rings (SSSR count). The fourth-order valence-corrected chi connectivity index (χ4v) is 3.40. The predicted octanol–water partition coefficient (Wildman–Crippen LogP) is 3.54. The Morgan fingerprint density at radius 1 is 1.44 bits per heavy atom. The molecule has 0 aliphatic rings.